The van der Waals surface area contributed by atoms with E-state index >= 15 is 0 Å². The van der Waals surface area contributed by atoms with E-state index in [2.05, 4.69) is 10.3 Å². The second kappa shape index (κ2) is 8.66. The highest BCUT2D eigenvalue weighted by Gasteiger charge is 2.24. The number of aromatic hydroxyl groups is 1. The van der Waals surface area contributed by atoms with Crippen LogP contribution in [0.25, 0.3) is 10.9 Å². The maximum atomic E-state index is 13.0. The van der Waals surface area contributed by atoms with Crippen LogP contribution in [-0.2, 0) is 0 Å². The fourth-order valence-corrected chi connectivity index (χ4v) is 3.75. The monoisotopic (exact) mass is 432 g/mol. The van der Waals surface area contributed by atoms with Crippen LogP contribution in [0.1, 0.15) is 33.1 Å². The maximum absolute atomic E-state index is 13.0. The number of rotatable bonds is 5. The van der Waals surface area contributed by atoms with Gasteiger partial charge in [0.15, 0.2) is 0 Å². The molecule has 0 fully saturated rings. The van der Waals surface area contributed by atoms with Gasteiger partial charge in [-0.2, -0.15) is 0 Å². The van der Waals surface area contributed by atoms with Crippen molar-refractivity contribution in [2.75, 3.05) is 7.11 Å². The van der Waals surface area contributed by atoms with Gasteiger partial charge in [-0.3, -0.25) is 9.78 Å². The average molecular weight is 433 g/mol. The van der Waals surface area contributed by atoms with Gasteiger partial charge < -0.3 is 15.2 Å². The number of nitrogens with one attached hydrogen (secondary N) is 1. The first kappa shape index (κ1) is 20.7. The van der Waals surface area contributed by atoms with Crippen LogP contribution in [0.5, 0.6) is 11.5 Å². The zero-order valence-corrected chi connectivity index (χ0v) is 17.9. The highest BCUT2D eigenvalue weighted by molar-refractivity contribution is 6.35. The van der Waals surface area contributed by atoms with Gasteiger partial charge in [0.2, 0.25) is 0 Å². The summed E-state index contributed by atoms with van der Waals surface area (Å²) in [4.78, 5) is 17.3. The second-order valence-corrected chi connectivity index (χ2v) is 7.65. The van der Waals surface area contributed by atoms with Crippen LogP contribution in [0.3, 0.4) is 0 Å². The molecule has 0 aliphatic rings. The summed E-state index contributed by atoms with van der Waals surface area (Å²) in [6.07, 6.45) is 1.60. The predicted molar refractivity (Wildman–Crippen MR) is 122 cm³/mol. The first-order chi connectivity index (χ1) is 15.0. The number of phenols is 1. The number of carbonyl (C=O) groups is 1. The quantitative estimate of drug-likeness (QED) is 0.441. The molecule has 1 amide bonds. The van der Waals surface area contributed by atoms with E-state index in [1.54, 1.807) is 55.8 Å². The number of hydrogen-bond donors (Lipinski definition) is 2. The topological polar surface area (TPSA) is 71.5 Å². The molecule has 4 aromatic rings. The predicted octanol–water partition coefficient (Wildman–Crippen LogP) is 5.43. The van der Waals surface area contributed by atoms with Crippen LogP contribution in [0, 0.1) is 6.92 Å². The Bertz CT molecular complexity index is 1240. The van der Waals surface area contributed by atoms with Gasteiger partial charge in [-0.05, 0) is 55.0 Å². The van der Waals surface area contributed by atoms with Gasteiger partial charge in [-0.25, -0.2) is 0 Å². The van der Waals surface area contributed by atoms with Crippen molar-refractivity contribution >= 4 is 28.4 Å². The molecule has 0 unspecified atom stereocenters. The van der Waals surface area contributed by atoms with E-state index in [9.17, 15) is 9.90 Å². The van der Waals surface area contributed by atoms with Gasteiger partial charge in [0.25, 0.3) is 5.91 Å². The summed E-state index contributed by atoms with van der Waals surface area (Å²) in [6.45, 7) is 1.99. The van der Waals surface area contributed by atoms with E-state index in [1.807, 2.05) is 31.2 Å². The van der Waals surface area contributed by atoms with Gasteiger partial charge in [-0.1, -0.05) is 41.4 Å². The Morgan fingerprint density at radius 2 is 1.81 bits per heavy atom. The second-order valence-electron chi connectivity index (χ2n) is 7.24. The number of hydrogen-bond acceptors (Lipinski definition) is 4. The molecule has 0 aliphatic carbocycles. The van der Waals surface area contributed by atoms with Crippen LogP contribution in [-0.4, -0.2) is 23.1 Å². The lowest BCUT2D eigenvalue weighted by atomic mass is 9.95. The molecule has 5 nitrogen and oxygen atoms in total. The smallest absolute Gasteiger partial charge is 0.252 e. The van der Waals surface area contributed by atoms with Gasteiger partial charge in [-0.15, -0.1) is 0 Å². The molecule has 6 heteroatoms. The van der Waals surface area contributed by atoms with Crippen LogP contribution >= 0.6 is 11.6 Å². The number of carbonyl (C=O) groups excluding carboxylic acids is 1. The standard InChI is InChI=1S/C25H21ClN2O3/c1-15-5-7-16(8-6-15)22(28-25(30)17-9-11-18(31-2)12-10-17)20-14-21(26)19-4-3-13-27-23(19)24(20)29/h3-14,22,29H,1-2H3,(H,28,30)/t22-/m0/s1. The lowest BCUT2D eigenvalue weighted by Gasteiger charge is -2.22. The molecule has 156 valence electrons. The molecule has 2 N–H and O–H groups in total. The average Bonchev–Trinajstić information content (AvgIpc) is 2.80. The number of aryl methyl sites for hydroxylation is 1. The number of phenolic OH excluding ortho intramolecular Hbond substituents is 1. The van der Waals surface area contributed by atoms with E-state index in [1.165, 1.54) is 0 Å². The molecule has 1 atom stereocenters. The minimum Gasteiger partial charge on any atom is -0.505 e. The Labute approximate surface area is 185 Å². The van der Waals surface area contributed by atoms with Crippen molar-refractivity contribution < 1.29 is 14.6 Å². The Morgan fingerprint density at radius 3 is 2.48 bits per heavy atom. The summed E-state index contributed by atoms with van der Waals surface area (Å²) >= 11 is 6.50. The summed E-state index contributed by atoms with van der Waals surface area (Å²) in [7, 11) is 1.57. The van der Waals surface area contributed by atoms with Crippen molar-refractivity contribution in [3.05, 3.63) is 100 Å². The first-order valence-corrected chi connectivity index (χ1v) is 10.1. The van der Waals surface area contributed by atoms with Gasteiger partial charge in [0.1, 0.15) is 17.0 Å². The molecule has 1 heterocycles. The maximum Gasteiger partial charge on any atom is 0.252 e. The van der Waals surface area contributed by atoms with E-state index in [0.717, 1.165) is 11.1 Å². The number of pyridine rings is 1. The van der Waals surface area contributed by atoms with E-state index in [4.69, 9.17) is 16.3 Å². The molecule has 0 saturated heterocycles. The highest BCUT2D eigenvalue weighted by Crippen LogP contribution is 2.38. The van der Waals surface area contributed by atoms with Crippen molar-refractivity contribution in [2.45, 2.75) is 13.0 Å². The molecule has 0 saturated carbocycles. The fraction of sp³-hybridized carbons (Fsp3) is 0.120. The van der Waals surface area contributed by atoms with Crippen molar-refractivity contribution in [1.29, 1.82) is 0 Å². The molecule has 31 heavy (non-hydrogen) atoms. The Balaban J connectivity index is 1.80. The Morgan fingerprint density at radius 1 is 1.10 bits per heavy atom. The lowest BCUT2D eigenvalue weighted by Crippen LogP contribution is -2.29. The molecular weight excluding hydrogens is 412 g/mol. The zero-order valence-electron chi connectivity index (χ0n) is 17.1. The summed E-state index contributed by atoms with van der Waals surface area (Å²) in [5.74, 6) is 0.363. The van der Waals surface area contributed by atoms with Crippen LogP contribution in [0.4, 0.5) is 0 Å². The SMILES string of the molecule is COc1ccc(C(=O)N[C@@H](c2ccc(C)cc2)c2cc(Cl)c3cccnc3c2O)cc1. The fourth-order valence-electron chi connectivity index (χ4n) is 3.48. The molecule has 0 spiro atoms. The molecule has 0 radical (unpaired) electrons. The number of methoxy groups -OCH3 is 1. The lowest BCUT2D eigenvalue weighted by molar-refractivity contribution is 0.0942. The Kier molecular flexibility index (Phi) is 5.78. The largest absolute Gasteiger partial charge is 0.505 e. The van der Waals surface area contributed by atoms with Crippen molar-refractivity contribution in [1.82, 2.24) is 10.3 Å². The number of ether oxygens (including phenoxy) is 1. The van der Waals surface area contributed by atoms with Crippen LogP contribution < -0.4 is 10.1 Å². The third kappa shape index (κ3) is 4.18. The third-order valence-electron chi connectivity index (χ3n) is 5.19. The van der Waals surface area contributed by atoms with Gasteiger partial charge in [0, 0.05) is 22.7 Å². The van der Waals surface area contributed by atoms with Crippen molar-refractivity contribution in [2.24, 2.45) is 0 Å². The minimum absolute atomic E-state index is 0.0133. The summed E-state index contributed by atoms with van der Waals surface area (Å²) < 4.78 is 5.16. The minimum atomic E-state index is -0.626. The number of amides is 1. The molecule has 1 aromatic heterocycles. The van der Waals surface area contributed by atoms with Crippen molar-refractivity contribution in [3.63, 3.8) is 0 Å². The highest BCUT2D eigenvalue weighted by atomic mass is 35.5. The van der Waals surface area contributed by atoms with E-state index in [-0.39, 0.29) is 11.7 Å². The van der Waals surface area contributed by atoms with Gasteiger partial charge in [0.05, 0.1) is 18.2 Å². The summed E-state index contributed by atoms with van der Waals surface area (Å²) in [6, 6.07) is 19.2. The van der Waals surface area contributed by atoms with E-state index in [0.29, 0.717) is 32.8 Å². The molecule has 4 rings (SSSR count). The Hall–Kier alpha value is -3.57. The molecule has 3 aromatic carbocycles. The normalized spacial score (nSPS) is 11.8. The van der Waals surface area contributed by atoms with Crippen LogP contribution in [0.15, 0.2) is 72.9 Å². The number of halogens is 1. The first-order valence-electron chi connectivity index (χ1n) is 9.75. The molecule has 0 aliphatic heterocycles. The van der Waals surface area contributed by atoms with Crippen molar-refractivity contribution in [3.8, 4) is 11.5 Å². The zero-order chi connectivity index (χ0) is 22.0. The number of fused-ring (bicyclic) bond motifs is 1. The number of benzene rings is 3. The van der Waals surface area contributed by atoms with E-state index < -0.39 is 6.04 Å². The van der Waals surface area contributed by atoms with Crippen LogP contribution in [0.2, 0.25) is 5.02 Å². The number of aromatic nitrogens is 1. The summed E-state index contributed by atoms with van der Waals surface area (Å²) in [5.41, 5.74) is 3.24. The molecular formula is C25H21ClN2O3. The third-order valence-corrected chi connectivity index (χ3v) is 5.51. The van der Waals surface area contributed by atoms with Gasteiger partial charge >= 0.3 is 0 Å². The molecule has 0 bridgehead atoms. The summed E-state index contributed by atoms with van der Waals surface area (Å²) in [5, 5.41) is 15.2. The number of nitrogens with zero attached hydrogens (tertiary/aromatic N) is 1.